The second-order valence-electron chi connectivity index (χ2n) is 9.20. The second-order valence-corrected chi connectivity index (χ2v) is 9.20. The molecule has 1 aromatic carbocycles. The third-order valence-corrected chi connectivity index (χ3v) is 6.90. The average Bonchev–Trinajstić information content (AvgIpc) is 2.75. The van der Waals surface area contributed by atoms with Crippen molar-refractivity contribution in [1.29, 1.82) is 0 Å². The van der Waals surface area contributed by atoms with Gasteiger partial charge in [-0.1, -0.05) is 0 Å². The number of hydrogen-bond donors (Lipinski definition) is 1. The minimum atomic E-state index is -1.61. The monoisotopic (exact) mass is 490 g/mol. The predicted molar refractivity (Wildman–Crippen MR) is 121 cm³/mol. The Kier molecular flexibility index (Phi) is 5.58. The van der Waals surface area contributed by atoms with Crippen LogP contribution < -0.4 is 15.1 Å². The molecule has 2 fully saturated rings. The smallest absolute Gasteiger partial charge is 0.254 e. The third-order valence-electron chi connectivity index (χ3n) is 6.90. The number of nitrogens with zero attached hydrogens (tertiary/aromatic N) is 5. The first-order valence-electron chi connectivity index (χ1n) is 11.3. The number of halogens is 3. The molecule has 0 atom stereocenters. The Labute approximate surface area is 199 Å². The van der Waals surface area contributed by atoms with E-state index in [1.165, 1.54) is 4.90 Å². The molecule has 1 saturated carbocycles. The van der Waals surface area contributed by atoms with Crippen LogP contribution in [0.15, 0.2) is 12.1 Å². The minimum absolute atomic E-state index is 0.0734. The molecule has 2 aliphatic heterocycles. The van der Waals surface area contributed by atoms with Crippen LogP contribution in [0.3, 0.4) is 0 Å². The molecule has 12 heteroatoms. The Balaban J connectivity index is 1.32. The largest absolute Gasteiger partial charge is 0.358 e. The van der Waals surface area contributed by atoms with Gasteiger partial charge in [0.05, 0.1) is 18.3 Å². The number of ether oxygens (including phenoxy) is 1. The zero-order chi connectivity index (χ0) is 25.1. The summed E-state index contributed by atoms with van der Waals surface area (Å²) in [6.45, 7) is 2.48. The SMILES string of the molecule is COC1(N2C(=O)CN(C)c3nc(NC4CN(C(=O)c5cc(F)c(F)c(F)c5)C4)nc(C)c32)CCC1. The number of benzene rings is 1. The van der Waals surface area contributed by atoms with Crippen molar-refractivity contribution in [2.24, 2.45) is 0 Å². The Morgan fingerprint density at radius 2 is 1.83 bits per heavy atom. The summed E-state index contributed by atoms with van der Waals surface area (Å²) in [6.07, 6.45) is 2.45. The first-order chi connectivity index (χ1) is 16.6. The first kappa shape index (κ1) is 23.3. The van der Waals surface area contributed by atoms with Crippen LogP contribution in [0.4, 0.5) is 30.6 Å². The van der Waals surface area contributed by atoms with Crippen LogP contribution in [0.5, 0.6) is 0 Å². The second kappa shape index (κ2) is 8.36. The van der Waals surface area contributed by atoms with Crippen LogP contribution >= 0.6 is 0 Å². The average molecular weight is 490 g/mol. The molecule has 186 valence electrons. The summed E-state index contributed by atoms with van der Waals surface area (Å²) < 4.78 is 45.9. The van der Waals surface area contributed by atoms with E-state index in [-0.39, 0.29) is 37.1 Å². The van der Waals surface area contributed by atoms with Gasteiger partial charge in [-0.05, 0) is 38.3 Å². The van der Waals surface area contributed by atoms with E-state index in [2.05, 4.69) is 15.3 Å². The molecule has 1 aromatic heterocycles. The van der Waals surface area contributed by atoms with Crippen molar-refractivity contribution < 1.29 is 27.5 Å². The number of fused-ring (bicyclic) bond motifs is 1. The highest BCUT2D eigenvalue weighted by molar-refractivity contribution is 6.04. The number of anilines is 3. The molecule has 3 heterocycles. The lowest BCUT2D eigenvalue weighted by Crippen LogP contribution is -2.62. The van der Waals surface area contributed by atoms with Crippen LogP contribution in [-0.4, -0.2) is 72.2 Å². The fourth-order valence-electron chi connectivity index (χ4n) is 4.83. The lowest BCUT2D eigenvalue weighted by molar-refractivity contribution is -0.130. The maximum atomic E-state index is 13.5. The maximum Gasteiger partial charge on any atom is 0.254 e. The zero-order valence-electron chi connectivity index (χ0n) is 19.6. The quantitative estimate of drug-likeness (QED) is 0.644. The van der Waals surface area contributed by atoms with E-state index in [1.807, 2.05) is 0 Å². The Morgan fingerprint density at radius 3 is 2.40 bits per heavy atom. The summed E-state index contributed by atoms with van der Waals surface area (Å²) in [5.74, 6) is -4.14. The Hall–Kier alpha value is -3.41. The van der Waals surface area contributed by atoms with E-state index in [0.717, 1.165) is 19.3 Å². The summed E-state index contributed by atoms with van der Waals surface area (Å²) in [5, 5.41) is 3.18. The third kappa shape index (κ3) is 3.76. The molecular formula is C23H25F3N6O3. The van der Waals surface area contributed by atoms with E-state index >= 15 is 0 Å². The number of aromatic nitrogens is 2. The van der Waals surface area contributed by atoms with Gasteiger partial charge in [0.2, 0.25) is 11.9 Å². The maximum absolute atomic E-state index is 13.5. The van der Waals surface area contributed by atoms with E-state index < -0.39 is 29.1 Å². The number of carbonyl (C=O) groups is 2. The number of nitrogens with one attached hydrogen (secondary N) is 1. The Morgan fingerprint density at radius 1 is 1.17 bits per heavy atom. The molecule has 1 saturated heterocycles. The number of aryl methyl sites for hydroxylation is 1. The van der Waals surface area contributed by atoms with E-state index in [1.54, 1.807) is 30.9 Å². The van der Waals surface area contributed by atoms with Crippen molar-refractivity contribution in [3.63, 3.8) is 0 Å². The molecule has 2 aromatic rings. The van der Waals surface area contributed by atoms with Crippen LogP contribution in [0.25, 0.3) is 0 Å². The molecular weight excluding hydrogens is 465 g/mol. The highest BCUT2D eigenvalue weighted by atomic mass is 19.2. The highest BCUT2D eigenvalue weighted by Crippen LogP contribution is 2.46. The van der Waals surface area contributed by atoms with Gasteiger partial charge in [0.15, 0.2) is 23.3 Å². The molecule has 2 amide bonds. The van der Waals surface area contributed by atoms with Crippen LogP contribution in [0.1, 0.15) is 35.3 Å². The van der Waals surface area contributed by atoms with Crippen LogP contribution in [0.2, 0.25) is 0 Å². The fourth-order valence-corrected chi connectivity index (χ4v) is 4.83. The fraction of sp³-hybridized carbons (Fsp3) is 0.478. The van der Waals surface area contributed by atoms with Gasteiger partial charge in [-0.25, -0.2) is 18.2 Å². The zero-order valence-corrected chi connectivity index (χ0v) is 19.6. The molecule has 9 nitrogen and oxygen atoms in total. The van der Waals surface area contributed by atoms with Crippen LogP contribution in [0, 0.1) is 24.4 Å². The van der Waals surface area contributed by atoms with Crippen molar-refractivity contribution in [2.45, 2.75) is 38.0 Å². The summed E-state index contributed by atoms with van der Waals surface area (Å²) in [7, 11) is 3.39. The highest BCUT2D eigenvalue weighted by Gasteiger charge is 2.50. The van der Waals surface area contributed by atoms with E-state index in [9.17, 15) is 22.8 Å². The number of likely N-dealkylation sites (tertiary alicyclic amines) is 1. The summed E-state index contributed by atoms with van der Waals surface area (Å²) in [5.41, 5.74) is 0.312. The number of rotatable bonds is 5. The number of hydrogen-bond acceptors (Lipinski definition) is 7. The topological polar surface area (TPSA) is 90.9 Å². The molecule has 1 N–H and O–H groups in total. The van der Waals surface area contributed by atoms with Gasteiger partial charge in [-0.2, -0.15) is 4.98 Å². The van der Waals surface area contributed by atoms with Gasteiger partial charge in [-0.3, -0.25) is 14.5 Å². The summed E-state index contributed by atoms with van der Waals surface area (Å²) in [4.78, 5) is 39.5. The van der Waals surface area contributed by atoms with Gasteiger partial charge < -0.3 is 19.9 Å². The number of amides is 2. The van der Waals surface area contributed by atoms with Crippen molar-refractivity contribution in [2.75, 3.05) is 48.9 Å². The molecule has 5 rings (SSSR count). The molecule has 0 bridgehead atoms. The van der Waals surface area contributed by atoms with Crippen molar-refractivity contribution in [3.8, 4) is 0 Å². The predicted octanol–water partition coefficient (Wildman–Crippen LogP) is 2.45. The van der Waals surface area contributed by atoms with Gasteiger partial charge in [0.1, 0.15) is 11.4 Å². The van der Waals surface area contributed by atoms with Crippen LogP contribution in [-0.2, 0) is 9.53 Å². The first-order valence-corrected chi connectivity index (χ1v) is 11.3. The normalized spacial score (nSPS) is 19.3. The minimum Gasteiger partial charge on any atom is -0.358 e. The van der Waals surface area contributed by atoms with E-state index in [4.69, 9.17) is 4.74 Å². The summed E-state index contributed by atoms with van der Waals surface area (Å²) >= 11 is 0. The van der Waals surface area contributed by atoms with Crippen molar-refractivity contribution in [3.05, 3.63) is 40.8 Å². The van der Waals surface area contributed by atoms with E-state index in [0.29, 0.717) is 35.3 Å². The van der Waals surface area contributed by atoms with Crippen molar-refractivity contribution >= 4 is 29.3 Å². The lowest BCUT2D eigenvalue weighted by Gasteiger charge is -2.51. The molecule has 0 unspecified atom stereocenters. The van der Waals surface area contributed by atoms with Gasteiger partial charge in [0, 0.05) is 32.8 Å². The van der Waals surface area contributed by atoms with Gasteiger partial charge >= 0.3 is 0 Å². The molecule has 3 aliphatic rings. The molecule has 0 radical (unpaired) electrons. The standard InChI is InChI=1S/C23H25F3N6O3/c1-12-19-20(30(2)11-17(33)32(19)23(35-3)5-4-6-23)29-22(27-12)28-14-9-31(10-14)21(34)13-7-15(24)18(26)16(25)8-13/h7-8,14H,4-6,9-11H2,1-3H3,(H,27,28,29). The molecule has 35 heavy (non-hydrogen) atoms. The summed E-state index contributed by atoms with van der Waals surface area (Å²) in [6, 6.07) is 1.19. The number of carbonyl (C=O) groups excluding carboxylic acids is 2. The lowest BCUT2D eigenvalue weighted by atomic mass is 9.85. The molecule has 1 aliphatic carbocycles. The number of likely N-dealkylation sites (N-methyl/N-ethyl adjacent to an activating group) is 1. The number of methoxy groups -OCH3 is 1. The molecule has 0 spiro atoms. The van der Waals surface area contributed by atoms with Gasteiger partial charge in [-0.15, -0.1) is 0 Å². The Bertz CT molecular complexity index is 1190. The van der Waals surface area contributed by atoms with Crippen molar-refractivity contribution in [1.82, 2.24) is 14.9 Å². The van der Waals surface area contributed by atoms with Gasteiger partial charge in [0.25, 0.3) is 5.91 Å².